The second kappa shape index (κ2) is 2.37. The SMILES string of the molecule is CON1CC(C)=C(C)O1. The monoisotopic (exact) mass is 129 g/mol. The van der Waals surface area contributed by atoms with E-state index in [1.165, 1.54) is 10.8 Å². The fourth-order valence-corrected chi connectivity index (χ4v) is 0.670. The van der Waals surface area contributed by atoms with Gasteiger partial charge in [-0.2, -0.15) is 0 Å². The van der Waals surface area contributed by atoms with Gasteiger partial charge in [-0.25, -0.2) is 0 Å². The van der Waals surface area contributed by atoms with Gasteiger partial charge in [-0.05, 0) is 24.6 Å². The Balaban J connectivity index is 2.48. The van der Waals surface area contributed by atoms with E-state index in [4.69, 9.17) is 9.68 Å². The van der Waals surface area contributed by atoms with Crippen LogP contribution in [0.3, 0.4) is 0 Å². The summed E-state index contributed by atoms with van der Waals surface area (Å²) in [6, 6.07) is 0. The lowest BCUT2D eigenvalue weighted by Gasteiger charge is -2.10. The molecule has 0 aliphatic carbocycles. The molecule has 0 aromatic heterocycles. The number of hydrogen-bond acceptors (Lipinski definition) is 3. The molecule has 0 N–H and O–H groups in total. The van der Waals surface area contributed by atoms with Gasteiger partial charge in [0.05, 0.1) is 13.7 Å². The molecule has 1 aliphatic rings. The van der Waals surface area contributed by atoms with Gasteiger partial charge in [-0.1, -0.05) is 0 Å². The average Bonchev–Trinajstić information content (AvgIpc) is 2.13. The summed E-state index contributed by atoms with van der Waals surface area (Å²) in [5, 5.41) is 1.45. The van der Waals surface area contributed by atoms with Crippen LogP contribution in [-0.4, -0.2) is 18.9 Å². The van der Waals surface area contributed by atoms with E-state index in [0.29, 0.717) is 0 Å². The predicted octanol–water partition coefficient (Wildman–Crippen LogP) is 1.09. The van der Waals surface area contributed by atoms with Gasteiger partial charge in [0, 0.05) is 0 Å². The highest BCUT2D eigenvalue weighted by molar-refractivity contribution is 5.07. The summed E-state index contributed by atoms with van der Waals surface area (Å²) >= 11 is 0. The topological polar surface area (TPSA) is 21.7 Å². The molecular formula is C6H11NO2. The summed E-state index contributed by atoms with van der Waals surface area (Å²) in [5.74, 6) is 0.942. The lowest BCUT2D eigenvalue weighted by Crippen LogP contribution is -2.17. The summed E-state index contributed by atoms with van der Waals surface area (Å²) in [6.07, 6.45) is 0. The Labute approximate surface area is 54.8 Å². The van der Waals surface area contributed by atoms with Crippen LogP contribution in [0, 0.1) is 0 Å². The lowest BCUT2D eigenvalue weighted by molar-refractivity contribution is -0.317. The smallest absolute Gasteiger partial charge is 0.125 e. The van der Waals surface area contributed by atoms with Gasteiger partial charge in [0.1, 0.15) is 5.76 Å². The minimum atomic E-state index is 0.752. The van der Waals surface area contributed by atoms with Gasteiger partial charge >= 0.3 is 0 Å². The summed E-state index contributed by atoms with van der Waals surface area (Å²) in [5.41, 5.74) is 1.22. The van der Waals surface area contributed by atoms with Crippen LogP contribution in [0.5, 0.6) is 0 Å². The third kappa shape index (κ3) is 1.23. The van der Waals surface area contributed by atoms with Crippen LogP contribution in [0.15, 0.2) is 11.3 Å². The fourth-order valence-electron chi connectivity index (χ4n) is 0.670. The van der Waals surface area contributed by atoms with Crippen LogP contribution in [-0.2, 0) is 9.68 Å². The Morgan fingerprint density at radius 3 is 2.44 bits per heavy atom. The molecule has 1 heterocycles. The summed E-state index contributed by atoms with van der Waals surface area (Å²) in [4.78, 5) is 9.93. The first kappa shape index (κ1) is 6.58. The summed E-state index contributed by atoms with van der Waals surface area (Å²) in [7, 11) is 1.59. The Morgan fingerprint density at radius 1 is 1.56 bits per heavy atom. The minimum Gasteiger partial charge on any atom is -0.385 e. The van der Waals surface area contributed by atoms with E-state index in [1.807, 2.05) is 13.8 Å². The zero-order valence-electron chi connectivity index (χ0n) is 5.97. The minimum absolute atomic E-state index is 0.752. The Kier molecular flexibility index (Phi) is 1.73. The lowest BCUT2D eigenvalue weighted by atomic mass is 10.3. The second-order valence-electron chi connectivity index (χ2n) is 2.10. The molecular weight excluding hydrogens is 118 g/mol. The van der Waals surface area contributed by atoms with Crippen molar-refractivity contribution in [2.45, 2.75) is 13.8 Å². The van der Waals surface area contributed by atoms with Crippen LogP contribution in [0.1, 0.15) is 13.8 Å². The van der Waals surface area contributed by atoms with Gasteiger partial charge in [-0.15, -0.1) is 0 Å². The normalized spacial score (nSPS) is 20.8. The van der Waals surface area contributed by atoms with Crippen molar-refractivity contribution in [3.05, 3.63) is 11.3 Å². The molecule has 1 rings (SSSR count). The summed E-state index contributed by atoms with van der Waals surface area (Å²) < 4.78 is 0. The number of rotatable bonds is 1. The first-order valence-electron chi connectivity index (χ1n) is 2.90. The number of allylic oxidation sites excluding steroid dienone is 1. The zero-order chi connectivity index (χ0) is 6.85. The fraction of sp³-hybridized carbons (Fsp3) is 0.667. The summed E-state index contributed by atoms with van der Waals surface area (Å²) in [6.45, 7) is 4.70. The molecule has 1 aliphatic heterocycles. The molecule has 0 saturated heterocycles. The van der Waals surface area contributed by atoms with Crippen molar-refractivity contribution in [1.29, 1.82) is 0 Å². The van der Waals surface area contributed by atoms with Crippen LogP contribution in [0.2, 0.25) is 0 Å². The molecule has 0 amide bonds. The van der Waals surface area contributed by atoms with Crippen LogP contribution in [0.4, 0.5) is 0 Å². The van der Waals surface area contributed by atoms with Crippen molar-refractivity contribution in [2.75, 3.05) is 13.7 Å². The first-order chi connectivity index (χ1) is 4.24. The van der Waals surface area contributed by atoms with Crippen LogP contribution in [0.25, 0.3) is 0 Å². The van der Waals surface area contributed by atoms with E-state index in [-0.39, 0.29) is 0 Å². The average molecular weight is 129 g/mol. The van der Waals surface area contributed by atoms with Crippen LogP contribution < -0.4 is 0 Å². The van der Waals surface area contributed by atoms with E-state index >= 15 is 0 Å². The molecule has 0 saturated carbocycles. The van der Waals surface area contributed by atoms with Crippen molar-refractivity contribution in [3.63, 3.8) is 0 Å². The van der Waals surface area contributed by atoms with Gasteiger partial charge in [0.2, 0.25) is 0 Å². The zero-order valence-corrected chi connectivity index (χ0v) is 5.97. The van der Waals surface area contributed by atoms with E-state index in [1.54, 1.807) is 7.11 Å². The Hall–Kier alpha value is -0.540. The maximum Gasteiger partial charge on any atom is 0.125 e. The van der Waals surface area contributed by atoms with Crippen molar-refractivity contribution in [2.24, 2.45) is 0 Å². The maximum atomic E-state index is 5.11. The molecule has 3 nitrogen and oxygen atoms in total. The predicted molar refractivity (Wildman–Crippen MR) is 33.2 cm³/mol. The van der Waals surface area contributed by atoms with Crippen molar-refractivity contribution >= 4 is 0 Å². The molecule has 9 heavy (non-hydrogen) atoms. The van der Waals surface area contributed by atoms with E-state index < -0.39 is 0 Å². The highest BCUT2D eigenvalue weighted by Gasteiger charge is 2.16. The third-order valence-corrected chi connectivity index (χ3v) is 1.41. The van der Waals surface area contributed by atoms with E-state index in [9.17, 15) is 0 Å². The third-order valence-electron chi connectivity index (χ3n) is 1.41. The molecule has 0 radical (unpaired) electrons. The molecule has 0 spiro atoms. The van der Waals surface area contributed by atoms with Gasteiger partial charge in [-0.3, -0.25) is 4.84 Å². The number of nitrogens with zero attached hydrogens (tertiary/aromatic N) is 1. The molecule has 0 fully saturated rings. The maximum absolute atomic E-state index is 5.11. The van der Waals surface area contributed by atoms with Crippen LogP contribution >= 0.6 is 0 Å². The standard InChI is InChI=1S/C6H11NO2/c1-5-4-7(8-3)9-6(5)2/h4H2,1-3H3. The number of hydroxylamine groups is 2. The van der Waals surface area contributed by atoms with Crippen molar-refractivity contribution in [3.8, 4) is 0 Å². The molecule has 0 aromatic carbocycles. The molecule has 0 bridgehead atoms. The molecule has 3 heteroatoms. The molecule has 0 atom stereocenters. The largest absolute Gasteiger partial charge is 0.385 e. The second-order valence-corrected chi connectivity index (χ2v) is 2.10. The molecule has 52 valence electrons. The number of hydrogen-bond donors (Lipinski definition) is 0. The highest BCUT2D eigenvalue weighted by Crippen LogP contribution is 2.16. The van der Waals surface area contributed by atoms with Crippen molar-refractivity contribution < 1.29 is 9.68 Å². The molecule has 0 unspecified atom stereocenters. The quantitative estimate of drug-likeness (QED) is 0.529. The van der Waals surface area contributed by atoms with Gasteiger partial charge < -0.3 is 4.84 Å². The van der Waals surface area contributed by atoms with E-state index in [2.05, 4.69) is 0 Å². The Morgan fingerprint density at radius 2 is 2.22 bits per heavy atom. The van der Waals surface area contributed by atoms with Gasteiger partial charge in [0.25, 0.3) is 0 Å². The Bertz CT molecular complexity index is 128. The molecule has 0 aromatic rings. The highest BCUT2D eigenvalue weighted by atomic mass is 16.9. The van der Waals surface area contributed by atoms with Gasteiger partial charge in [0.15, 0.2) is 0 Å². The first-order valence-corrected chi connectivity index (χ1v) is 2.90. The van der Waals surface area contributed by atoms with Crippen molar-refractivity contribution in [1.82, 2.24) is 5.23 Å². The van der Waals surface area contributed by atoms with E-state index in [0.717, 1.165) is 12.3 Å².